The van der Waals surface area contributed by atoms with E-state index in [0.717, 1.165) is 11.1 Å². The summed E-state index contributed by atoms with van der Waals surface area (Å²) in [7, 11) is 0. The molecule has 0 radical (unpaired) electrons. The normalized spacial score (nSPS) is 10.4. The van der Waals surface area contributed by atoms with E-state index in [1.165, 1.54) is 5.56 Å². The lowest BCUT2D eigenvalue weighted by atomic mass is 10.1. The average molecular weight is 339 g/mol. The second kappa shape index (κ2) is 8.99. The van der Waals surface area contributed by atoms with Crippen molar-refractivity contribution in [1.29, 1.82) is 0 Å². The van der Waals surface area contributed by atoms with Crippen molar-refractivity contribution in [2.45, 2.75) is 26.8 Å². The lowest BCUT2D eigenvalue weighted by Crippen LogP contribution is -2.30. The number of carbonyl (C=O) groups excluding carboxylic acids is 2. The van der Waals surface area contributed by atoms with E-state index in [9.17, 15) is 9.59 Å². The van der Waals surface area contributed by atoms with Gasteiger partial charge < -0.3 is 16.4 Å². The molecule has 132 valence electrons. The number of benzene rings is 2. The summed E-state index contributed by atoms with van der Waals surface area (Å²) in [5, 5.41) is 5.72. The van der Waals surface area contributed by atoms with Crippen molar-refractivity contribution in [3.05, 3.63) is 70.3 Å². The van der Waals surface area contributed by atoms with Gasteiger partial charge in [-0.15, -0.1) is 0 Å². The molecule has 0 atom stereocenters. The predicted octanol–water partition coefficient (Wildman–Crippen LogP) is 2.31. The molecule has 0 aliphatic carbocycles. The molecule has 0 saturated heterocycles. The van der Waals surface area contributed by atoms with Crippen LogP contribution >= 0.6 is 0 Å². The van der Waals surface area contributed by atoms with Crippen LogP contribution in [-0.4, -0.2) is 24.9 Å². The van der Waals surface area contributed by atoms with Crippen LogP contribution < -0.4 is 16.4 Å². The van der Waals surface area contributed by atoms with Crippen LogP contribution in [0.25, 0.3) is 0 Å². The van der Waals surface area contributed by atoms with Crippen molar-refractivity contribution >= 4 is 11.8 Å². The first kappa shape index (κ1) is 18.7. The third-order valence-corrected chi connectivity index (χ3v) is 4.15. The van der Waals surface area contributed by atoms with Gasteiger partial charge >= 0.3 is 0 Å². The van der Waals surface area contributed by atoms with Crippen LogP contribution in [0.5, 0.6) is 0 Å². The highest BCUT2D eigenvalue weighted by molar-refractivity contribution is 5.95. The van der Waals surface area contributed by atoms with E-state index >= 15 is 0 Å². The summed E-state index contributed by atoms with van der Waals surface area (Å²) in [5.74, 6) is -0.212. The molecular weight excluding hydrogens is 314 g/mol. The molecule has 2 aromatic rings. The summed E-state index contributed by atoms with van der Waals surface area (Å²) in [6.07, 6.45) is 0.670. The molecule has 0 unspecified atom stereocenters. The summed E-state index contributed by atoms with van der Waals surface area (Å²) in [4.78, 5) is 24.1. The lowest BCUT2D eigenvalue weighted by Gasteiger charge is -2.08. The second-order valence-corrected chi connectivity index (χ2v) is 6.07. The van der Waals surface area contributed by atoms with Crippen molar-refractivity contribution in [3.63, 3.8) is 0 Å². The topological polar surface area (TPSA) is 84.2 Å². The van der Waals surface area contributed by atoms with Gasteiger partial charge in [0.1, 0.15) is 0 Å². The Balaban J connectivity index is 1.70. The van der Waals surface area contributed by atoms with Gasteiger partial charge in [0.25, 0.3) is 11.8 Å². The molecular formula is C20H25N3O2. The standard InChI is InChI=1S/C20H25N3O2/c1-14-4-7-18(12-15(14)2)20(25)23-11-3-10-22-19(24)17-8-5-16(13-21)6-9-17/h4-9,12H,3,10-11,13,21H2,1-2H3,(H,22,24)(H,23,25). The first-order valence-electron chi connectivity index (χ1n) is 8.44. The van der Waals surface area contributed by atoms with E-state index in [2.05, 4.69) is 10.6 Å². The number of carbonyl (C=O) groups is 2. The Labute approximate surface area is 148 Å². The Hall–Kier alpha value is -2.66. The van der Waals surface area contributed by atoms with E-state index in [4.69, 9.17) is 5.73 Å². The van der Waals surface area contributed by atoms with Crippen molar-refractivity contribution in [3.8, 4) is 0 Å². The fraction of sp³-hybridized carbons (Fsp3) is 0.300. The molecule has 0 heterocycles. The Kier molecular flexibility index (Phi) is 6.71. The summed E-state index contributed by atoms with van der Waals surface area (Å²) in [6, 6.07) is 12.9. The van der Waals surface area contributed by atoms with E-state index < -0.39 is 0 Å². The van der Waals surface area contributed by atoms with E-state index in [1.807, 2.05) is 44.2 Å². The van der Waals surface area contributed by atoms with Gasteiger partial charge in [-0.1, -0.05) is 18.2 Å². The highest BCUT2D eigenvalue weighted by Gasteiger charge is 2.07. The fourth-order valence-corrected chi connectivity index (χ4v) is 2.37. The second-order valence-electron chi connectivity index (χ2n) is 6.07. The van der Waals surface area contributed by atoms with Gasteiger partial charge in [0.2, 0.25) is 0 Å². The molecule has 0 aliphatic heterocycles. The quantitative estimate of drug-likeness (QED) is 0.677. The maximum Gasteiger partial charge on any atom is 0.251 e. The molecule has 0 aromatic heterocycles. The number of amides is 2. The first-order chi connectivity index (χ1) is 12.0. The molecule has 2 amide bonds. The molecule has 4 N–H and O–H groups in total. The summed E-state index contributed by atoms with van der Waals surface area (Å²) in [5.41, 5.74) is 10.1. The summed E-state index contributed by atoms with van der Waals surface area (Å²) in [6.45, 7) is 5.48. The number of nitrogens with two attached hydrogens (primary N) is 1. The Morgan fingerprint density at radius 2 is 1.40 bits per heavy atom. The molecule has 0 aliphatic rings. The van der Waals surface area contributed by atoms with Crippen LogP contribution in [0.15, 0.2) is 42.5 Å². The maximum atomic E-state index is 12.1. The highest BCUT2D eigenvalue weighted by Crippen LogP contribution is 2.09. The van der Waals surface area contributed by atoms with Crippen LogP contribution in [0, 0.1) is 13.8 Å². The van der Waals surface area contributed by atoms with E-state index in [0.29, 0.717) is 37.2 Å². The summed E-state index contributed by atoms with van der Waals surface area (Å²) < 4.78 is 0. The van der Waals surface area contributed by atoms with Crippen LogP contribution in [0.1, 0.15) is 43.8 Å². The number of hydrogen-bond donors (Lipinski definition) is 3. The monoisotopic (exact) mass is 339 g/mol. The molecule has 0 fully saturated rings. The molecule has 2 rings (SSSR count). The van der Waals surface area contributed by atoms with E-state index in [-0.39, 0.29) is 11.8 Å². The van der Waals surface area contributed by atoms with Gasteiger partial charge in [0.05, 0.1) is 0 Å². The Morgan fingerprint density at radius 1 is 0.840 bits per heavy atom. The smallest absolute Gasteiger partial charge is 0.251 e. The van der Waals surface area contributed by atoms with Crippen molar-refractivity contribution in [1.82, 2.24) is 10.6 Å². The summed E-state index contributed by atoms with van der Waals surface area (Å²) >= 11 is 0. The Morgan fingerprint density at radius 3 is 1.96 bits per heavy atom. The number of nitrogens with one attached hydrogen (secondary N) is 2. The SMILES string of the molecule is Cc1ccc(C(=O)NCCCNC(=O)c2ccc(CN)cc2)cc1C. The van der Waals surface area contributed by atoms with Crippen LogP contribution in [0.3, 0.4) is 0 Å². The number of aryl methyl sites for hydroxylation is 2. The highest BCUT2D eigenvalue weighted by atomic mass is 16.2. The van der Waals surface area contributed by atoms with Gasteiger partial charge in [-0.25, -0.2) is 0 Å². The van der Waals surface area contributed by atoms with Gasteiger partial charge in [0, 0.05) is 30.8 Å². The zero-order chi connectivity index (χ0) is 18.2. The largest absolute Gasteiger partial charge is 0.352 e. The van der Waals surface area contributed by atoms with Crippen LogP contribution in [-0.2, 0) is 6.54 Å². The third-order valence-electron chi connectivity index (χ3n) is 4.15. The molecule has 0 saturated carbocycles. The van der Waals surface area contributed by atoms with Crippen molar-refractivity contribution < 1.29 is 9.59 Å². The van der Waals surface area contributed by atoms with Gasteiger partial charge in [0.15, 0.2) is 0 Å². The predicted molar refractivity (Wildman–Crippen MR) is 99.5 cm³/mol. The molecule has 5 heteroatoms. The van der Waals surface area contributed by atoms with E-state index in [1.54, 1.807) is 12.1 Å². The molecule has 0 spiro atoms. The average Bonchev–Trinajstić information content (AvgIpc) is 2.63. The first-order valence-corrected chi connectivity index (χ1v) is 8.44. The minimum Gasteiger partial charge on any atom is -0.352 e. The lowest BCUT2D eigenvalue weighted by molar-refractivity contribution is 0.0951. The van der Waals surface area contributed by atoms with Crippen molar-refractivity contribution in [2.24, 2.45) is 5.73 Å². The minimum atomic E-state index is -0.121. The maximum absolute atomic E-state index is 12.1. The molecule has 25 heavy (non-hydrogen) atoms. The molecule has 2 aromatic carbocycles. The molecule has 5 nitrogen and oxygen atoms in total. The van der Waals surface area contributed by atoms with Gasteiger partial charge in [-0.3, -0.25) is 9.59 Å². The number of hydrogen-bond acceptors (Lipinski definition) is 3. The van der Waals surface area contributed by atoms with Gasteiger partial charge in [-0.2, -0.15) is 0 Å². The zero-order valence-corrected chi connectivity index (χ0v) is 14.8. The number of rotatable bonds is 7. The Bertz CT molecular complexity index is 739. The van der Waals surface area contributed by atoms with Crippen LogP contribution in [0.2, 0.25) is 0 Å². The fourth-order valence-electron chi connectivity index (χ4n) is 2.37. The third kappa shape index (κ3) is 5.43. The van der Waals surface area contributed by atoms with Crippen molar-refractivity contribution in [2.75, 3.05) is 13.1 Å². The minimum absolute atomic E-state index is 0.0909. The molecule has 0 bridgehead atoms. The van der Waals surface area contributed by atoms with Gasteiger partial charge in [-0.05, 0) is 61.2 Å². The van der Waals surface area contributed by atoms with Crippen LogP contribution in [0.4, 0.5) is 0 Å². The zero-order valence-electron chi connectivity index (χ0n) is 14.8.